The van der Waals surface area contributed by atoms with E-state index in [-0.39, 0.29) is 18.8 Å². The summed E-state index contributed by atoms with van der Waals surface area (Å²) in [5, 5.41) is 0. The van der Waals surface area contributed by atoms with Gasteiger partial charge >= 0.3 is 0 Å². The molecule has 0 unspecified atom stereocenters. The van der Waals surface area contributed by atoms with Crippen LogP contribution < -0.4 is 0 Å². The Morgan fingerprint density at radius 2 is 2.31 bits per heavy atom. The van der Waals surface area contributed by atoms with Gasteiger partial charge in [0.15, 0.2) is 5.78 Å². The molecular weight excluding hydrogens is 216 g/mol. The Balaban J connectivity index is 2.39. The number of aromatic nitrogens is 1. The lowest BCUT2D eigenvalue weighted by atomic mass is 10.1. The fourth-order valence-electron chi connectivity index (χ4n) is 1.23. The Morgan fingerprint density at radius 1 is 1.56 bits per heavy atom. The van der Waals surface area contributed by atoms with Gasteiger partial charge in [-0.05, 0) is 18.6 Å². The highest BCUT2D eigenvalue weighted by Crippen LogP contribution is 2.08. The van der Waals surface area contributed by atoms with E-state index in [9.17, 15) is 13.6 Å². The van der Waals surface area contributed by atoms with Crippen LogP contribution in [0.2, 0.25) is 0 Å². The van der Waals surface area contributed by atoms with Crippen LogP contribution in [0.15, 0.2) is 18.5 Å². The summed E-state index contributed by atoms with van der Waals surface area (Å²) in [5.74, 6) is -0.139. The summed E-state index contributed by atoms with van der Waals surface area (Å²) in [7, 11) is 0. The molecule has 5 heteroatoms. The third kappa shape index (κ3) is 4.02. The zero-order valence-electron chi connectivity index (χ0n) is 8.95. The minimum atomic E-state index is -2.49. The van der Waals surface area contributed by atoms with Gasteiger partial charge in [0.25, 0.3) is 6.43 Å². The number of nitrogens with zero attached hydrogens (tertiary/aromatic N) is 1. The largest absolute Gasteiger partial charge is 0.375 e. The molecule has 0 saturated carbocycles. The average molecular weight is 229 g/mol. The highest BCUT2D eigenvalue weighted by molar-refractivity contribution is 5.97. The Hall–Kier alpha value is -1.36. The van der Waals surface area contributed by atoms with E-state index in [1.54, 1.807) is 19.2 Å². The number of Topliss-reactive ketones (excluding diaryl/α,β-unsaturated/α-hetero) is 1. The maximum atomic E-state index is 11.7. The van der Waals surface area contributed by atoms with Crippen molar-refractivity contribution in [3.05, 3.63) is 29.6 Å². The van der Waals surface area contributed by atoms with Crippen molar-refractivity contribution in [3.8, 4) is 0 Å². The molecule has 3 nitrogen and oxygen atoms in total. The number of carbonyl (C=O) groups excluding carboxylic acids is 1. The smallest absolute Gasteiger partial charge is 0.261 e. The van der Waals surface area contributed by atoms with Gasteiger partial charge in [-0.2, -0.15) is 0 Å². The van der Waals surface area contributed by atoms with Crippen molar-refractivity contribution in [2.24, 2.45) is 0 Å². The molecule has 0 aliphatic carbocycles. The maximum Gasteiger partial charge on any atom is 0.261 e. The van der Waals surface area contributed by atoms with Crippen molar-refractivity contribution in [1.82, 2.24) is 4.98 Å². The van der Waals surface area contributed by atoms with Gasteiger partial charge in [0.2, 0.25) is 0 Å². The number of ketones is 1. The first-order chi connectivity index (χ1) is 7.61. The third-order valence-electron chi connectivity index (χ3n) is 2.06. The van der Waals surface area contributed by atoms with E-state index in [0.29, 0.717) is 5.56 Å². The van der Waals surface area contributed by atoms with Gasteiger partial charge in [0, 0.05) is 24.4 Å². The molecule has 0 aromatic carbocycles. The van der Waals surface area contributed by atoms with Crippen molar-refractivity contribution in [3.63, 3.8) is 0 Å². The van der Waals surface area contributed by atoms with E-state index in [2.05, 4.69) is 9.72 Å². The van der Waals surface area contributed by atoms with E-state index < -0.39 is 13.0 Å². The summed E-state index contributed by atoms with van der Waals surface area (Å²) in [4.78, 5) is 15.4. The van der Waals surface area contributed by atoms with Crippen LogP contribution in [-0.2, 0) is 4.74 Å². The second-order valence-corrected chi connectivity index (χ2v) is 3.33. The molecule has 0 aliphatic rings. The summed E-state index contributed by atoms with van der Waals surface area (Å²) >= 11 is 0. The molecule has 0 fully saturated rings. The molecule has 1 aromatic rings. The standard InChI is InChI=1S/C11H13F2NO2/c1-8-2-4-14-6-9(8)10(15)3-5-16-7-11(12)13/h2,4,6,11H,3,5,7H2,1H3. The Labute approximate surface area is 92.4 Å². The third-order valence-corrected chi connectivity index (χ3v) is 2.06. The second-order valence-electron chi connectivity index (χ2n) is 3.33. The Bertz CT molecular complexity index is 356. The van der Waals surface area contributed by atoms with Crippen molar-refractivity contribution >= 4 is 5.78 Å². The zero-order valence-corrected chi connectivity index (χ0v) is 8.95. The number of pyridine rings is 1. The first-order valence-corrected chi connectivity index (χ1v) is 4.91. The minimum absolute atomic E-state index is 0.0114. The topological polar surface area (TPSA) is 39.2 Å². The lowest BCUT2D eigenvalue weighted by Crippen LogP contribution is -2.10. The predicted octanol–water partition coefficient (Wildman–Crippen LogP) is 2.24. The molecule has 16 heavy (non-hydrogen) atoms. The monoisotopic (exact) mass is 229 g/mol. The molecule has 0 N–H and O–H groups in total. The fraction of sp³-hybridized carbons (Fsp3) is 0.455. The number of rotatable bonds is 6. The van der Waals surface area contributed by atoms with Crippen LogP contribution in [0.25, 0.3) is 0 Å². The molecule has 0 radical (unpaired) electrons. The number of alkyl halides is 2. The molecule has 0 bridgehead atoms. The second kappa shape index (κ2) is 6.27. The molecule has 1 rings (SSSR count). The number of aryl methyl sites for hydroxylation is 1. The van der Waals surface area contributed by atoms with Crippen LogP contribution in [0.5, 0.6) is 0 Å². The summed E-state index contributed by atoms with van der Waals surface area (Å²) in [6.45, 7) is 1.19. The van der Waals surface area contributed by atoms with Crippen LogP contribution in [-0.4, -0.2) is 30.4 Å². The number of halogens is 2. The first kappa shape index (κ1) is 12.7. The fourth-order valence-corrected chi connectivity index (χ4v) is 1.23. The molecule has 0 spiro atoms. The maximum absolute atomic E-state index is 11.7. The highest BCUT2D eigenvalue weighted by Gasteiger charge is 2.09. The van der Waals surface area contributed by atoms with Crippen LogP contribution in [0.4, 0.5) is 8.78 Å². The van der Waals surface area contributed by atoms with E-state index in [1.165, 1.54) is 6.20 Å². The van der Waals surface area contributed by atoms with Gasteiger partial charge in [-0.1, -0.05) is 0 Å². The van der Waals surface area contributed by atoms with Crippen LogP contribution in [0, 0.1) is 6.92 Å². The molecule has 1 heterocycles. The van der Waals surface area contributed by atoms with Crippen molar-refractivity contribution in [2.75, 3.05) is 13.2 Å². The van der Waals surface area contributed by atoms with E-state index in [0.717, 1.165) is 5.56 Å². The zero-order chi connectivity index (χ0) is 12.0. The molecule has 0 aliphatic heterocycles. The van der Waals surface area contributed by atoms with Crippen molar-refractivity contribution in [1.29, 1.82) is 0 Å². The average Bonchev–Trinajstić information content (AvgIpc) is 2.24. The van der Waals surface area contributed by atoms with Gasteiger partial charge in [0.1, 0.15) is 6.61 Å². The van der Waals surface area contributed by atoms with E-state index in [4.69, 9.17) is 0 Å². The SMILES string of the molecule is Cc1ccncc1C(=O)CCOCC(F)F. The summed E-state index contributed by atoms with van der Waals surface area (Å²) < 4.78 is 28.1. The van der Waals surface area contributed by atoms with Gasteiger partial charge in [-0.15, -0.1) is 0 Å². The van der Waals surface area contributed by atoms with E-state index in [1.807, 2.05) is 0 Å². The normalized spacial score (nSPS) is 10.8. The van der Waals surface area contributed by atoms with Crippen LogP contribution >= 0.6 is 0 Å². The first-order valence-electron chi connectivity index (χ1n) is 4.91. The molecule has 88 valence electrons. The minimum Gasteiger partial charge on any atom is -0.375 e. The quantitative estimate of drug-likeness (QED) is 0.554. The summed E-state index contributed by atoms with van der Waals surface area (Å²) in [6.07, 6.45) is 0.680. The van der Waals surface area contributed by atoms with Gasteiger partial charge in [0.05, 0.1) is 6.61 Å². The Morgan fingerprint density at radius 3 is 2.94 bits per heavy atom. The van der Waals surface area contributed by atoms with Crippen LogP contribution in [0.1, 0.15) is 22.3 Å². The summed E-state index contributed by atoms with van der Waals surface area (Å²) in [5.41, 5.74) is 1.34. The van der Waals surface area contributed by atoms with E-state index >= 15 is 0 Å². The van der Waals surface area contributed by atoms with Crippen molar-refractivity contribution in [2.45, 2.75) is 19.8 Å². The van der Waals surface area contributed by atoms with Crippen LogP contribution in [0.3, 0.4) is 0 Å². The van der Waals surface area contributed by atoms with Gasteiger partial charge < -0.3 is 4.74 Å². The highest BCUT2D eigenvalue weighted by atomic mass is 19.3. The lowest BCUT2D eigenvalue weighted by Gasteiger charge is -2.04. The van der Waals surface area contributed by atoms with Gasteiger partial charge in [-0.3, -0.25) is 9.78 Å². The molecule has 0 saturated heterocycles. The molecule has 0 atom stereocenters. The van der Waals surface area contributed by atoms with Gasteiger partial charge in [-0.25, -0.2) is 8.78 Å². The molecule has 1 aromatic heterocycles. The lowest BCUT2D eigenvalue weighted by molar-refractivity contribution is 0.0169. The predicted molar refractivity (Wildman–Crippen MR) is 54.7 cm³/mol. The molecular formula is C11H13F2NO2. The summed E-state index contributed by atoms with van der Waals surface area (Å²) in [6, 6.07) is 1.73. The number of hydrogen-bond acceptors (Lipinski definition) is 3. The number of hydrogen-bond donors (Lipinski definition) is 0. The van der Waals surface area contributed by atoms with Crippen molar-refractivity contribution < 1.29 is 18.3 Å². The number of ether oxygens (including phenoxy) is 1. The molecule has 0 amide bonds. The number of carbonyl (C=O) groups is 1. The Kier molecular flexibility index (Phi) is 4.98.